The second-order valence-corrected chi connectivity index (χ2v) is 5.13. The van der Waals surface area contributed by atoms with Gasteiger partial charge in [0.15, 0.2) is 0 Å². The number of nitro groups is 1. The van der Waals surface area contributed by atoms with Gasteiger partial charge in [-0.05, 0) is 18.9 Å². The normalized spacial score (nSPS) is 16.0. The maximum absolute atomic E-state index is 11.9. The van der Waals surface area contributed by atoms with Crippen molar-refractivity contribution in [1.82, 2.24) is 9.88 Å². The first-order valence-corrected chi connectivity index (χ1v) is 6.55. The maximum Gasteiger partial charge on any atom is 0.287 e. The van der Waals surface area contributed by atoms with Crippen LogP contribution in [0.3, 0.4) is 0 Å². The van der Waals surface area contributed by atoms with Crippen LogP contribution in [-0.2, 0) is 4.79 Å². The van der Waals surface area contributed by atoms with Crippen molar-refractivity contribution in [3.8, 4) is 0 Å². The molecule has 1 aliphatic heterocycles. The summed E-state index contributed by atoms with van der Waals surface area (Å²) in [4.78, 5) is 29.8. The molecule has 1 aliphatic rings. The van der Waals surface area contributed by atoms with Crippen LogP contribution in [0, 0.1) is 16.0 Å². The number of rotatable bonds is 3. The van der Waals surface area contributed by atoms with Gasteiger partial charge >= 0.3 is 0 Å². The Morgan fingerprint density at radius 3 is 2.50 bits per heavy atom. The van der Waals surface area contributed by atoms with Gasteiger partial charge in [0.05, 0.1) is 4.92 Å². The molecular formula is C13H18N4O3. The number of carbonyl (C=O) groups excluding carboxylic acids is 1. The molecule has 1 aromatic heterocycles. The van der Waals surface area contributed by atoms with E-state index in [0.717, 1.165) is 31.7 Å². The summed E-state index contributed by atoms with van der Waals surface area (Å²) >= 11 is 0. The molecule has 0 atom stereocenters. The molecule has 1 aromatic rings. The van der Waals surface area contributed by atoms with E-state index in [2.05, 4.69) is 9.88 Å². The van der Waals surface area contributed by atoms with Crippen LogP contribution in [0.15, 0.2) is 18.3 Å². The molecule has 0 spiro atoms. The molecule has 0 bridgehead atoms. The van der Waals surface area contributed by atoms with Crippen LogP contribution in [0.25, 0.3) is 0 Å². The number of anilines is 1. The predicted octanol–water partition coefficient (Wildman–Crippen LogP) is 1.29. The maximum atomic E-state index is 11.9. The van der Waals surface area contributed by atoms with Gasteiger partial charge < -0.3 is 9.80 Å². The molecule has 1 saturated heterocycles. The van der Waals surface area contributed by atoms with E-state index in [-0.39, 0.29) is 17.5 Å². The average molecular weight is 278 g/mol. The SMILES string of the molecule is CN(C)C(=O)C1CCN(c2ccc([N+](=O)[O-])cn2)CC1. The highest BCUT2D eigenvalue weighted by atomic mass is 16.6. The third kappa shape index (κ3) is 3.04. The minimum absolute atomic E-state index is 0.00794. The first-order chi connectivity index (χ1) is 9.49. The lowest BCUT2D eigenvalue weighted by atomic mass is 9.95. The van der Waals surface area contributed by atoms with Crippen LogP contribution < -0.4 is 4.90 Å². The Kier molecular flexibility index (Phi) is 4.16. The van der Waals surface area contributed by atoms with Gasteiger partial charge in [-0.25, -0.2) is 4.98 Å². The zero-order chi connectivity index (χ0) is 14.7. The first-order valence-electron chi connectivity index (χ1n) is 6.55. The minimum Gasteiger partial charge on any atom is -0.357 e. The quantitative estimate of drug-likeness (QED) is 0.615. The summed E-state index contributed by atoms with van der Waals surface area (Å²) in [5.74, 6) is 0.965. The number of hydrogen-bond acceptors (Lipinski definition) is 5. The molecule has 20 heavy (non-hydrogen) atoms. The third-order valence-corrected chi connectivity index (χ3v) is 3.55. The van der Waals surface area contributed by atoms with E-state index in [9.17, 15) is 14.9 Å². The van der Waals surface area contributed by atoms with Crippen molar-refractivity contribution < 1.29 is 9.72 Å². The van der Waals surface area contributed by atoms with Crippen LogP contribution >= 0.6 is 0 Å². The van der Waals surface area contributed by atoms with Gasteiger partial charge in [0.1, 0.15) is 12.0 Å². The molecule has 108 valence electrons. The molecule has 7 heteroatoms. The Hall–Kier alpha value is -2.18. The summed E-state index contributed by atoms with van der Waals surface area (Å²) in [6, 6.07) is 3.12. The van der Waals surface area contributed by atoms with Crippen molar-refractivity contribution >= 4 is 17.4 Å². The Morgan fingerprint density at radius 2 is 2.05 bits per heavy atom. The Labute approximate surface area is 117 Å². The lowest BCUT2D eigenvalue weighted by Crippen LogP contribution is -2.40. The number of hydrogen-bond donors (Lipinski definition) is 0. The van der Waals surface area contributed by atoms with Crippen molar-refractivity contribution in [2.75, 3.05) is 32.1 Å². The van der Waals surface area contributed by atoms with E-state index >= 15 is 0 Å². The molecule has 0 unspecified atom stereocenters. The van der Waals surface area contributed by atoms with Gasteiger partial charge in [-0.2, -0.15) is 0 Å². The largest absolute Gasteiger partial charge is 0.357 e. The van der Waals surface area contributed by atoms with E-state index in [1.54, 1.807) is 25.1 Å². The number of amides is 1. The standard InChI is InChI=1S/C13H18N4O3/c1-15(2)13(18)10-5-7-16(8-6-10)12-4-3-11(9-14-12)17(19)20/h3-4,9-10H,5-8H2,1-2H3. The summed E-state index contributed by atoms with van der Waals surface area (Å²) in [6.07, 6.45) is 2.84. The average Bonchev–Trinajstić information content (AvgIpc) is 2.46. The van der Waals surface area contributed by atoms with Gasteiger partial charge in [-0.3, -0.25) is 14.9 Å². The molecule has 0 N–H and O–H groups in total. The van der Waals surface area contributed by atoms with Crippen molar-refractivity contribution in [2.24, 2.45) is 5.92 Å². The fourth-order valence-corrected chi connectivity index (χ4v) is 2.39. The number of pyridine rings is 1. The summed E-state index contributed by atoms with van der Waals surface area (Å²) in [5, 5.41) is 10.6. The zero-order valence-electron chi connectivity index (χ0n) is 11.7. The topological polar surface area (TPSA) is 79.6 Å². The fourth-order valence-electron chi connectivity index (χ4n) is 2.39. The molecule has 0 aliphatic carbocycles. The number of aromatic nitrogens is 1. The Bertz CT molecular complexity index is 493. The molecule has 1 fully saturated rings. The van der Waals surface area contributed by atoms with Crippen molar-refractivity contribution in [2.45, 2.75) is 12.8 Å². The lowest BCUT2D eigenvalue weighted by molar-refractivity contribution is -0.385. The monoisotopic (exact) mass is 278 g/mol. The zero-order valence-corrected chi connectivity index (χ0v) is 11.7. The fraction of sp³-hybridized carbons (Fsp3) is 0.538. The van der Waals surface area contributed by atoms with Crippen molar-refractivity contribution in [3.63, 3.8) is 0 Å². The second kappa shape index (κ2) is 5.85. The smallest absolute Gasteiger partial charge is 0.287 e. The first kappa shape index (κ1) is 14.2. The van der Waals surface area contributed by atoms with E-state index in [1.807, 2.05) is 0 Å². The second-order valence-electron chi connectivity index (χ2n) is 5.13. The predicted molar refractivity (Wildman–Crippen MR) is 74.5 cm³/mol. The number of carbonyl (C=O) groups is 1. The van der Waals surface area contributed by atoms with Gasteiger partial charge in [0.2, 0.25) is 5.91 Å². The van der Waals surface area contributed by atoms with E-state index in [0.29, 0.717) is 0 Å². The number of nitrogens with zero attached hydrogens (tertiary/aromatic N) is 4. The molecule has 0 radical (unpaired) electrons. The van der Waals surface area contributed by atoms with Crippen LogP contribution in [-0.4, -0.2) is 47.9 Å². The van der Waals surface area contributed by atoms with Gasteiger partial charge in [-0.15, -0.1) is 0 Å². The molecule has 0 saturated carbocycles. The highest BCUT2D eigenvalue weighted by molar-refractivity contribution is 5.78. The molecule has 7 nitrogen and oxygen atoms in total. The van der Waals surface area contributed by atoms with E-state index in [1.165, 1.54) is 12.3 Å². The Morgan fingerprint density at radius 1 is 1.40 bits per heavy atom. The molecule has 2 heterocycles. The van der Waals surface area contributed by atoms with Gasteiger partial charge in [0, 0.05) is 39.2 Å². The summed E-state index contributed by atoms with van der Waals surface area (Å²) in [5.41, 5.74) is -0.00794. The van der Waals surface area contributed by atoms with E-state index < -0.39 is 4.92 Å². The van der Waals surface area contributed by atoms with Crippen LogP contribution in [0.5, 0.6) is 0 Å². The highest BCUT2D eigenvalue weighted by Crippen LogP contribution is 2.23. The van der Waals surface area contributed by atoms with E-state index in [4.69, 9.17) is 0 Å². The highest BCUT2D eigenvalue weighted by Gasteiger charge is 2.26. The number of piperidine rings is 1. The summed E-state index contributed by atoms with van der Waals surface area (Å²) < 4.78 is 0. The van der Waals surface area contributed by atoms with Crippen LogP contribution in [0.1, 0.15) is 12.8 Å². The third-order valence-electron chi connectivity index (χ3n) is 3.55. The van der Waals surface area contributed by atoms with Crippen LogP contribution in [0.4, 0.5) is 11.5 Å². The van der Waals surface area contributed by atoms with Gasteiger partial charge in [-0.1, -0.05) is 0 Å². The lowest BCUT2D eigenvalue weighted by Gasteiger charge is -2.33. The molecule has 0 aromatic carbocycles. The van der Waals surface area contributed by atoms with Gasteiger partial charge in [0.25, 0.3) is 5.69 Å². The molecule has 2 rings (SSSR count). The molecular weight excluding hydrogens is 260 g/mol. The minimum atomic E-state index is -0.460. The summed E-state index contributed by atoms with van der Waals surface area (Å²) in [6.45, 7) is 1.49. The summed E-state index contributed by atoms with van der Waals surface area (Å²) in [7, 11) is 3.54. The van der Waals surface area contributed by atoms with Crippen molar-refractivity contribution in [1.29, 1.82) is 0 Å². The Balaban J connectivity index is 1.97. The van der Waals surface area contributed by atoms with Crippen LogP contribution in [0.2, 0.25) is 0 Å². The molecule has 1 amide bonds. The van der Waals surface area contributed by atoms with Crippen molar-refractivity contribution in [3.05, 3.63) is 28.4 Å².